The highest BCUT2D eigenvalue weighted by Crippen LogP contribution is 2.29. The Balaban J connectivity index is 1.40. The molecule has 1 aliphatic heterocycles. The Morgan fingerprint density at radius 3 is 2.78 bits per heavy atom. The number of anilines is 1. The topological polar surface area (TPSA) is 71.3 Å². The van der Waals surface area contributed by atoms with Crippen molar-refractivity contribution in [3.8, 4) is 11.4 Å². The van der Waals surface area contributed by atoms with E-state index in [1.807, 2.05) is 31.2 Å². The summed E-state index contributed by atoms with van der Waals surface area (Å²) in [5.74, 6) is 1.46. The zero-order valence-electron chi connectivity index (χ0n) is 18.8. The first kappa shape index (κ1) is 22.5. The minimum Gasteiger partial charge on any atom is -0.338 e. The van der Waals surface area contributed by atoms with Crippen molar-refractivity contribution in [2.75, 3.05) is 18.4 Å². The van der Waals surface area contributed by atoms with E-state index < -0.39 is 0 Å². The molecule has 32 heavy (non-hydrogen) atoms. The second-order valence-corrected chi connectivity index (χ2v) is 9.21. The van der Waals surface area contributed by atoms with E-state index in [9.17, 15) is 4.79 Å². The van der Waals surface area contributed by atoms with Crippen LogP contribution in [0.15, 0.2) is 47.0 Å². The van der Waals surface area contributed by atoms with Gasteiger partial charge in [0.25, 0.3) is 0 Å². The molecule has 1 amide bonds. The molecular weight excluding hydrogens is 424 g/mol. The molecule has 3 aromatic rings. The number of para-hydroxylation sites is 1. The van der Waals surface area contributed by atoms with E-state index in [1.54, 1.807) is 12.1 Å². The first-order valence-corrected chi connectivity index (χ1v) is 11.5. The quantitative estimate of drug-likeness (QED) is 0.521. The zero-order chi connectivity index (χ0) is 22.7. The lowest BCUT2D eigenvalue weighted by Gasteiger charge is -2.31. The van der Waals surface area contributed by atoms with Crippen LogP contribution in [0.1, 0.15) is 49.6 Å². The van der Waals surface area contributed by atoms with Gasteiger partial charge < -0.3 is 9.84 Å². The van der Waals surface area contributed by atoms with E-state index in [0.717, 1.165) is 36.2 Å². The molecule has 1 aliphatic rings. The van der Waals surface area contributed by atoms with Crippen LogP contribution in [0.2, 0.25) is 5.02 Å². The zero-order valence-corrected chi connectivity index (χ0v) is 19.5. The number of likely N-dealkylation sites (tertiary alicyclic amines) is 1. The highest BCUT2D eigenvalue weighted by molar-refractivity contribution is 6.30. The smallest absolute Gasteiger partial charge is 0.241 e. The van der Waals surface area contributed by atoms with E-state index in [2.05, 4.69) is 40.3 Å². The van der Waals surface area contributed by atoms with Crippen molar-refractivity contribution in [1.29, 1.82) is 0 Å². The predicted molar refractivity (Wildman–Crippen MR) is 127 cm³/mol. The number of rotatable bonds is 6. The van der Waals surface area contributed by atoms with Gasteiger partial charge in [-0.1, -0.05) is 48.8 Å². The third-order valence-electron chi connectivity index (χ3n) is 5.98. The molecule has 1 aromatic heterocycles. The van der Waals surface area contributed by atoms with Gasteiger partial charge in [-0.3, -0.25) is 9.69 Å². The molecule has 4 rings (SSSR count). The van der Waals surface area contributed by atoms with E-state index in [-0.39, 0.29) is 11.8 Å². The number of amides is 1. The van der Waals surface area contributed by atoms with E-state index in [0.29, 0.717) is 35.7 Å². The number of aromatic nitrogens is 2. The molecule has 0 bridgehead atoms. The van der Waals surface area contributed by atoms with Crippen molar-refractivity contribution in [1.82, 2.24) is 15.0 Å². The molecular formula is C25H29ClN4O2. The van der Waals surface area contributed by atoms with Crippen LogP contribution in [0, 0.1) is 12.8 Å². The van der Waals surface area contributed by atoms with E-state index >= 15 is 0 Å². The van der Waals surface area contributed by atoms with E-state index in [1.165, 1.54) is 5.56 Å². The lowest BCUT2D eigenvalue weighted by molar-refractivity contribution is -0.121. The molecule has 0 spiro atoms. The van der Waals surface area contributed by atoms with Gasteiger partial charge in [-0.05, 0) is 67.6 Å². The van der Waals surface area contributed by atoms with Crippen molar-refractivity contribution in [3.63, 3.8) is 0 Å². The van der Waals surface area contributed by atoms with Crippen molar-refractivity contribution in [2.24, 2.45) is 5.92 Å². The van der Waals surface area contributed by atoms with Crippen LogP contribution in [0.5, 0.6) is 0 Å². The Labute approximate surface area is 194 Å². The van der Waals surface area contributed by atoms with Gasteiger partial charge in [-0.2, -0.15) is 4.98 Å². The number of hydrogen-bond acceptors (Lipinski definition) is 5. The molecule has 0 aliphatic carbocycles. The maximum Gasteiger partial charge on any atom is 0.241 e. The molecule has 1 atom stereocenters. The van der Waals surface area contributed by atoms with Crippen molar-refractivity contribution in [2.45, 2.75) is 46.1 Å². The van der Waals surface area contributed by atoms with Crippen molar-refractivity contribution in [3.05, 3.63) is 64.5 Å². The average Bonchev–Trinajstić information content (AvgIpc) is 3.24. The summed E-state index contributed by atoms with van der Waals surface area (Å²) in [5.41, 5.74) is 4.08. The highest BCUT2D eigenvalue weighted by atomic mass is 35.5. The van der Waals surface area contributed by atoms with Gasteiger partial charge in [0, 0.05) is 22.8 Å². The summed E-state index contributed by atoms with van der Waals surface area (Å²) in [6.07, 6.45) is 1.84. The maximum absolute atomic E-state index is 13.1. The summed E-state index contributed by atoms with van der Waals surface area (Å²) >= 11 is 5.95. The SMILES string of the molecule is Cc1cccc(C(C)C)c1NC(=O)C1CCCN(Cc2nc(-c3ccc(Cl)cc3)no2)C1. The fraction of sp³-hybridized carbons (Fsp3) is 0.400. The molecule has 1 N–H and O–H groups in total. The van der Waals surface area contributed by atoms with Gasteiger partial charge in [0.1, 0.15) is 0 Å². The van der Waals surface area contributed by atoms with Crippen LogP contribution < -0.4 is 5.32 Å². The molecule has 7 heteroatoms. The fourth-order valence-corrected chi connectivity index (χ4v) is 4.33. The Bertz CT molecular complexity index is 1080. The standard InChI is InChI=1S/C25H29ClN4O2/c1-16(2)21-8-4-6-17(3)23(21)28-25(31)19-7-5-13-30(14-19)15-22-27-24(29-32-22)18-9-11-20(26)12-10-18/h4,6,8-12,16,19H,5,7,13-15H2,1-3H3,(H,28,31). The summed E-state index contributed by atoms with van der Waals surface area (Å²) in [7, 11) is 0. The first-order valence-electron chi connectivity index (χ1n) is 11.1. The first-order chi connectivity index (χ1) is 15.4. The molecule has 2 heterocycles. The number of nitrogens with zero attached hydrogens (tertiary/aromatic N) is 3. The number of carbonyl (C=O) groups is 1. The normalized spacial score (nSPS) is 17.0. The molecule has 0 saturated carbocycles. The second kappa shape index (κ2) is 9.84. The molecule has 168 valence electrons. The van der Waals surface area contributed by atoms with Crippen LogP contribution in [-0.4, -0.2) is 34.0 Å². The van der Waals surface area contributed by atoms with Crippen LogP contribution in [0.3, 0.4) is 0 Å². The summed E-state index contributed by atoms with van der Waals surface area (Å²) in [5, 5.41) is 7.98. The van der Waals surface area contributed by atoms with Crippen molar-refractivity contribution >= 4 is 23.2 Å². The molecule has 1 fully saturated rings. The summed E-state index contributed by atoms with van der Waals surface area (Å²) in [6, 6.07) is 13.5. The van der Waals surface area contributed by atoms with Crippen LogP contribution >= 0.6 is 11.6 Å². The molecule has 1 unspecified atom stereocenters. The van der Waals surface area contributed by atoms with Gasteiger partial charge in [0.05, 0.1) is 12.5 Å². The second-order valence-electron chi connectivity index (χ2n) is 8.78. The Kier molecular flexibility index (Phi) is 6.92. The molecule has 0 radical (unpaired) electrons. The maximum atomic E-state index is 13.1. The largest absolute Gasteiger partial charge is 0.338 e. The fourth-order valence-electron chi connectivity index (χ4n) is 4.21. The summed E-state index contributed by atoms with van der Waals surface area (Å²) in [4.78, 5) is 19.8. The third kappa shape index (κ3) is 5.19. The number of piperidine rings is 1. The van der Waals surface area contributed by atoms with E-state index in [4.69, 9.17) is 16.1 Å². The van der Waals surface area contributed by atoms with Gasteiger partial charge in [-0.25, -0.2) is 0 Å². The van der Waals surface area contributed by atoms with Crippen LogP contribution in [0.25, 0.3) is 11.4 Å². The highest BCUT2D eigenvalue weighted by Gasteiger charge is 2.28. The third-order valence-corrected chi connectivity index (χ3v) is 6.23. The number of benzene rings is 2. The number of halogens is 1. The number of nitrogens with one attached hydrogen (secondary N) is 1. The van der Waals surface area contributed by atoms with Gasteiger partial charge in [0.2, 0.25) is 17.6 Å². The lowest BCUT2D eigenvalue weighted by atomic mass is 9.95. The number of hydrogen-bond donors (Lipinski definition) is 1. The Hall–Kier alpha value is -2.70. The summed E-state index contributed by atoms with van der Waals surface area (Å²) in [6.45, 7) is 8.46. The Morgan fingerprint density at radius 2 is 2.03 bits per heavy atom. The van der Waals surface area contributed by atoms with Crippen LogP contribution in [-0.2, 0) is 11.3 Å². The van der Waals surface area contributed by atoms with Gasteiger partial charge >= 0.3 is 0 Å². The molecule has 6 nitrogen and oxygen atoms in total. The van der Waals surface area contributed by atoms with Gasteiger partial charge in [-0.15, -0.1) is 0 Å². The lowest BCUT2D eigenvalue weighted by Crippen LogP contribution is -2.40. The number of carbonyl (C=O) groups excluding carboxylic acids is 1. The van der Waals surface area contributed by atoms with Gasteiger partial charge in [0.15, 0.2) is 0 Å². The predicted octanol–water partition coefficient (Wildman–Crippen LogP) is 5.67. The minimum atomic E-state index is -0.0676. The monoisotopic (exact) mass is 452 g/mol. The Morgan fingerprint density at radius 1 is 1.25 bits per heavy atom. The molecule has 2 aromatic carbocycles. The average molecular weight is 453 g/mol. The minimum absolute atomic E-state index is 0.0676. The summed E-state index contributed by atoms with van der Waals surface area (Å²) < 4.78 is 5.46. The van der Waals surface area contributed by atoms with Crippen LogP contribution in [0.4, 0.5) is 5.69 Å². The number of aryl methyl sites for hydroxylation is 1. The molecule has 1 saturated heterocycles. The van der Waals surface area contributed by atoms with Crippen molar-refractivity contribution < 1.29 is 9.32 Å².